The molecule has 0 unspecified atom stereocenters. The Kier molecular flexibility index (Phi) is 3.00. The summed E-state index contributed by atoms with van der Waals surface area (Å²) < 4.78 is 0. The van der Waals surface area contributed by atoms with E-state index in [0.29, 0.717) is 0 Å². The maximum atomic E-state index is 2.39. The molecule has 0 fully saturated rings. The van der Waals surface area contributed by atoms with Gasteiger partial charge in [0.15, 0.2) is 0 Å². The molecule has 0 aromatic heterocycles. The predicted octanol–water partition coefficient (Wildman–Crippen LogP) is 2.89. The summed E-state index contributed by atoms with van der Waals surface area (Å²) >= 11 is 0. The van der Waals surface area contributed by atoms with Crippen molar-refractivity contribution >= 4 is 23.8 Å². The molecule has 0 N–H and O–H groups in total. The highest BCUT2D eigenvalue weighted by molar-refractivity contribution is 6.82. The summed E-state index contributed by atoms with van der Waals surface area (Å²) in [7, 11) is 4.38. The minimum Gasteiger partial charge on any atom is -0.393 e. The van der Waals surface area contributed by atoms with Gasteiger partial charge in [0.1, 0.15) is 0 Å². The van der Waals surface area contributed by atoms with Crippen LogP contribution in [0.2, 0.25) is 0 Å². The number of aryl methyl sites for hydroxylation is 3. The molecule has 2 nitrogen and oxygen atoms in total. The zero-order valence-corrected chi connectivity index (χ0v) is 12.9. The molecule has 0 amide bonds. The fourth-order valence-electron chi connectivity index (χ4n) is 3.36. The van der Waals surface area contributed by atoms with Crippen LogP contribution in [-0.2, 0) is 0 Å². The van der Waals surface area contributed by atoms with Crippen LogP contribution in [0.15, 0.2) is 36.4 Å². The van der Waals surface area contributed by atoms with Crippen LogP contribution in [0, 0.1) is 20.8 Å². The zero-order valence-electron chi connectivity index (χ0n) is 12.9. The van der Waals surface area contributed by atoms with Crippen LogP contribution in [-0.4, -0.2) is 21.1 Å². The molecule has 0 aliphatic carbocycles. The maximum absolute atomic E-state index is 2.39. The average Bonchev–Trinajstić information content (AvgIpc) is 2.63. The summed E-state index contributed by atoms with van der Waals surface area (Å²) in [5, 5.41) is 0. The van der Waals surface area contributed by atoms with Crippen LogP contribution >= 0.6 is 0 Å². The normalized spacial score (nSPS) is 13.9. The van der Waals surface area contributed by atoms with E-state index in [-0.39, 0.29) is 6.98 Å². The molecule has 3 rings (SSSR count). The highest BCUT2D eigenvalue weighted by Gasteiger charge is 2.39. The molecule has 0 radical (unpaired) electrons. The second-order valence-corrected chi connectivity index (χ2v) is 5.89. The fraction of sp³-hybridized carbons (Fsp3) is 0.294. The Labute approximate surface area is 122 Å². The van der Waals surface area contributed by atoms with Crippen LogP contribution in [0.3, 0.4) is 0 Å². The third-order valence-electron chi connectivity index (χ3n) is 4.42. The van der Waals surface area contributed by atoms with Crippen molar-refractivity contribution in [3.8, 4) is 0 Å². The van der Waals surface area contributed by atoms with Crippen molar-refractivity contribution in [2.75, 3.05) is 23.7 Å². The monoisotopic (exact) mass is 264 g/mol. The van der Waals surface area contributed by atoms with E-state index in [1.807, 2.05) is 0 Å². The summed E-state index contributed by atoms with van der Waals surface area (Å²) in [4.78, 5) is 4.77. The largest absolute Gasteiger partial charge is 0.411 e. The molecule has 1 heterocycles. The lowest BCUT2D eigenvalue weighted by atomic mass is 9.62. The Hall–Kier alpha value is -1.90. The van der Waals surface area contributed by atoms with Crippen molar-refractivity contribution < 1.29 is 0 Å². The lowest BCUT2D eigenvalue weighted by Gasteiger charge is -2.26. The summed E-state index contributed by atoms with van der Waals surface area (Å²) in [6.45, 7) is 6.85. The fourth-order valence-corrected chi connectivity index (χ4v) is 3.36. The second kappa shape index (κ2) is 4.59. The molecular weight excluding hydrogens is 243 g/mol. The van der Waals surface area contributed by atoms with Crippen LogP contribution in [0.25, 0.3) is 0 Å². The van der Waals surface area contributed by atoms with Crippen molar-refractivity contribution in [3.63, 3.8) is 0 Å². The van der Waals surface area contributed by atoms with E-state index >= 15 is 0 Å². The Bertz CT molecular complexity index is 646. The zero-order chi connectivity index (χ0) is 14.4. The number of hydrogen-bond acceptors (Lipinski definition) is 2. The topological polar surface area (TPSA) is 6.48 Å². The van der Waals surface area contributed by atoms with E-state index in [9.17, 15) is 0 Å². The van der Waals surface area contributed by atoms with E-state index in [0.717, 1.165) is 0 Å². The molecule has 1 aliphatic rings. The van der Waals surface area contributed by atoms with Gasteiger partial charge in [0.05, 0.1) is 0 Å². The van der Waals surface area contributed by atoms with E-state index in [2.05, 4.69) is 80.9 Å². The number of rotatable bonds is 1. The van der Waals surface area contributed by atoms with Crippen molar-refractivity contribution in [1.82, 2.24) is 0 Å². The van der Waals surface area contributed by atoms with Gasteiger partial charge in [0.25, 0.3) is 0 Å². The molecular formula is C17H21BN2. The van der Waals surface area contributed by atoms with Crippen LogP contribution in [0.1, 0.15) is 16.7 Å². The summed E-state index contributed by atoms with van der Waals surface area (Å²) in [5.41, 5.74) is 8.08. The van der Waals surface area contributed by atoms with E-state index in [4.69, 9.17) is 0 Å². The molecule has 102 valence electrons. The molecule has 0 spiro atoms. The highest BCUT2D eigenvalue weighted by atomic mass is 15.3. The Morgan fingerprint density at radius 3 is 2.05 bits per heavy atom. The van der Waals surface area contributed by atoms with Crippen LogP contribution in [0.4, 0.5) is 11.4 Å². The van der Waals surface area contributed by atoms with Gasteiger partial charge in [-0.3, -0.25) is 0 Å². The molecule has 2 aromatic carbocycles. The lowest BCUT2D eigenvalue weighted by Crippen LogP contribution is -2.55. The first-order valence-corrected chi connectivity index (χ1v) is 7.13. The summed E-state index contributed by atoms with van der Waals surface area (Å²) in [6, 6.07) is 13.3. The summed E-state index contributed by atoms with van der Waals surface area (Å²) in [6.07, 6.45) is 0. The average molecular weight is 264 g/mol. The van der Waals surface area contributed by atoms with Crippen molar-refractivity contribution in [1.29, 1.82) is 0 Å². The minimum atomic E-state index is 0.285. The van der Waals surface area contributed by atoms with E-state index in [1.165, 1.54) is 33.5 Å². The van der Waals surface area contributed by atoms with Gasteiger partial charge in [-0.05, 0) is 58.0 Å². The van der Waals surface area contributed by atoms with Gasteiger partial charge in [0, 0.05) is 11.4 Å². The first kappa shape index (κ1) is 13.1. The van der Waals surface area contributed by atoms with Gasteiger partial charge in [-0.25, -0.2) is 0 Å². The molecule has 0 saturated carbocycles. The smallest absolute Gasteiger partial charge is 0.393 e. The predicted molar refractivity (Wildman–Crippen MR) is 89.3 cm³/mol. The van der Waals surface area contributed by atoms with Crippen LogP contribution in [0.5, 0.6) is 0 Å². The van der Waals surface area contributed by atoms with E-state index < -0.39 is 0 Å². The van der Waals surface area contributed by atoms with Gasteiger partial charge in [-0.1, -0.05) is 35.4 Å². The number of hydrogen-bond donors (Lipinski definition) is 0. The Morgan fingerprint density at radius 1 is 0.800 bits per heavy atom. The molecule has 0 bridgehead atoms. The number of fused-ring (bicyclic) bond motifs is 1. The Balaban J connectivity index is 2.14. The molecule has 2 aromatic rings. The first-order chi connectivity index (χ1) is 9.50. The molecule has 0 atom stereocenters. The second-order valence-electron chi connectivity index (χ2n) is 5.89. The maximum Gasteiger partial charge on any atom is 0.411 e. The van der Waals surface area contributed by atoms with Gasteiger partial charge < -0.3 is 9.62 Å². The summed E-state index contributed by atoms with van der Waals surface area (Å²) in [5.74, 6) is 0. The standard InChI is InChI=1S/C17H21BN2/c1-12-9-10-15-16(11-12)20(5)18(19(15)4)17-13(2)7-6-8-14(17)3/h6-11H,1-5H3. The first-order valence-electron chi connectivity index (χ1n) is 7.13. The number of benzene rings is 2. The third kappa shape index (κ3) is 1.81. The highest BCUT2D eigenvalue weighted by Crippen LogP contribution is 2.36. The van der Waals surface area contributed by atoms with Crippen molar-refractivity contribution in [2.45, 2.75) is 20.8 Å². The van der Waals surface area contributed by atoms with Gasteiger partial charge in [-0.15, -0.1) is 0 Å². The van der Waals surface area contributed by atoms with E-state index in [1.54, 1.807) is 0 Å². The number of anilines is 2. The molecule has 20 heavy (non-hydrogen) atoms. The molecule has 1 aliphatic heterocycles. The van der Waals surface area contributed by atoms with Gasteiger partial charge in [0.2, 0.25) is 0 Å². The molecule has 0 saturated heterocycles. The lowest BCUT2D eigenvalue weighted by molar-refractivity contribution is 1.29. The SMILES string of the molecule is Cc1ccc2c(c1)N(C)B(c1c(C)cccc1C)N2C. The van der Waals surface area contributed by atoms with Crippen LogP contribution < -0.4 is 15.1 Å². The quantitative estimate of drug-likeness (QED) is 0.731. The minimum absolute atomic E-state index is 0.285. The third-order valence-corrected chi connectivity index (χ3v) is 4.42. The number of nitrogens with zero attached hydrogens (tertiary/aromatic N) is 2. The van der Waals surface area contributed by atoms with Crippen molar-refractivity contribution in [3.05, 3.63) is 53.1 Å². The van der Waals surface area contributed by atoms with Gasteiger partial charge >= 0.3 is 6.98 Å². The Morgan fingerprint density at radius 2 is 1.40 bits per heavy atom. The molecule has 3 heteroatoms. The van der Waals surface area contributed by atoms with Gasteiger partial charge in [-0.2, -0.15) is 0 Å². The van der Waals surface area contributed by atoms with Crippen molar-refractivity contribution in [2.24, 2.45) is 0 Å².